The van der Waals surface area contributed by atoms with Crippen LogP contribution in [0.3, 0.4) is 0 Å². The summed E-state index contributed by atoms with van der Waals surface area (Å²) in [5.41, 5.74) is 0. The van der Waals surface area contributed by atoms with Gasteiger partial charge in [-0.05, 0) is 25.0 Å². The van der Waals surface area contributed by atoms with Gasteiger partial charge >= 0.3 is 8.25 Å². The van der Waals surface area contributed by atoms with Crippen molar-refractivity contribution in [3.8, 4) is 0 Å². The van der Waals surface area contributed by atoms with Gasteiger partial charge in [0.15, 0.2) is 12.5 Å². The van der Waals surface area contributed by atoms with Crippen LogP contribution in [0.15, 0.2) is 50.0 Å². The van der Waals surface area contributed by atoms with Crippen LogP contribution in [-0.4, -0.2) is 0 Å². The van der Waals surface area contributed by atoms with E-state index in [0.29, 0.717) is 12.8 Å². The second-order valence-electron chi connectivity index (χ2n) is 2.23. The van der Waals surface area contributed by atoms with Crippen molar-refractivity contribution in [2.24, 2.45) is 0 Å². The SMILES string of the molecule is C=CCC=CO[P+](=O)OC=CCC=C. The molecule has 0 heterocycles. The molecule has 0 bridgehead atoms. The molecule has 4 heteroatoms. The number of rotatable bonds is 8. The fourth-order valence-electron chi connectivity index (χ4n) is 0.514. The Hall–Kier alpha value is -1.34. The van der Waals surface area contributed by atoms with E-state index in [1.807, 2.05) is 0 Å². The largest absolute Gasteiger partial charge is 0.804 e. The van der Waals surface area contributed by atoms with Crippen LogP contribution in [-0.2, 0) is 13.6 Å². The fourth-order valence-corrected chi connectivity index (χ4v) is 0.934. The second kappa shape index (κ2) is 9.75. The van der Waals surface area contributed by atoms with Crippen LogP contribution >= 0.6 is 8.25 Å². The highest BCUT2D eigenvalue weighted by molar-refractivity contribution is 7.33. The highest BCUT2D eigenvalue weighted by Gasteiger charge is 2.16. The smallest absolute Gasteiger partial charge is 0.231 e. The van der Waals surface area contributed by atoms with E-state index in [9.17, 15) is 4.57 Å². The molecule has 0 aliphatic rings. The molecule has 0 radical (unpaired) electrons. The monoisotopic (exact) mass is 213 g/mol. The maximum absolute atomic E-state index is 10.9. The van der Waals surface area contributed by atoms with E-state index in [1.54, 1.807) is 24.3 Å². The Balaban J connectivity index is 3.54. The van der Waals surface area contributed by atoms with E-state index in [2.05, 4.69) is 13.2 Å². The highest BCUT2D eigenvalue weighted by atomic mass is 31.1. The van der Waals surface area contributed by atoms with Crippen molar-refractivity contribution in [1.82, 2.24) is 0 Å². The van der Waals surface area contributed by atoms with Crippen LogP contribution in [0.2, 0.25) is 0 Å². The van der Waals surface area contributed by atoms with Gasteiger partial charge in [-0.1, -0.05) is 12.2 Å². The number of hydrogen-bond donors (Lipinski definition) is 0. The Morgan fingerprint density at radius 2 is 1.43 bits per heavy atom. The standard InChI is InChI=1S/C10H14O3P/c1-3-5-7-9-12-14(11)13-10-8-6-4-2/h3-4,7-10H,1-2,5-6H2/q+1. The van der Waals surface area contributed by atoms with Gasteiger partial charge in [0.25, 0.3) is 0 Å². The molecular formula is C10H14O3P+. The number of hydrogen-bond acceptors (Lipinski definition) is 3. The molecule has 0 aliphatic carbocycles. The Bertz CT molecular complexity index is 220. The molecule has 0 aromatic carbocycles. The maximum atomic E-state index is 10.9. The first-order valence-corrected chi connectivity index (χ1v) is 5.23. The van der Waals surface area contributed by atoms with E-state index in [0.717, 1.165) is 0 Å². The third-order valence-corrected chi connectivity index (χ3v) is 1.68. The molecule has 0 aromatic rings. The zero-order valence-corrected chi connectivity index (χ0v) is 8.86. The van der Waals surface area contributed by atoms with E-state index in [-0.39, 0.29) is 0 Å². The van der Waals surface area contributed by atoms with Crippen molar-refractivity contribution >= 4 is 8.25 Å². The minimum absolute atomic E-state index is 0.676. The van der Waals surface area contributed by atoms with Gasteiger partial charge in [-0.15, -0.1) is 13.2 Å². The Morgan fingerprint density at radius 1 is 1.00 bits per heavy atom. The lowest BCUT2D eigenvalue weighted by molar-refractivity contribution is 0.355. The van der Waals surface area contributed by atoms with Gasteiger partial charge in [-0.3, -0.25) is 0 Å². The Morgan fingerprint density at radius 3 is 1.79 bits per heavy atom. The van der Waals surface area contributed by atoms with Gasteiger partial charge in [0.1, 0.15) is 0 Å². The quantitative estimate of drug-likeness (QED) is 0.349. The summed E-state index contributed by atoms with van der Waals surface area (Å²) in [6.45, 7) is 7.03. The van der Waals surface area contributed by atoms with Crippen molar-refractivity contribution in [1.29, 1.82) is 0 Å². The van der Waals surface area contributed by atoms with Crippen LogP contribution in [0.1, 0.15) is 12.8 Å². The third kappa shape index (κ3) is 8.75. The van der Waals surface area contributed by atoms with E-state index in [4.69, 9.17) is 9.05 Å². The van der Waals surface area contributed by atoms with Gasteiger partial charge in [0.05, 0.1) is 0 Å². The molecule has 0 spiro atoms. The summed E-state index contributed by atoms with van der Waals surface area (Å²) in [6.07, 6.45) is 10.8. The van der Waals surface area contributed by atoms with E-state index < -0.39 is 8.25 Å². The lowest BCUT2D eigenvalue weighted by Crippen LogP contribution is -1.69. The Labute approximate surface area is 85.4 Å². The van der Waals surface area contributed by atoms with Gasteiger partial charge in [-0.2, -0.15) is 0 Å². The summed E-state index contributed by atoms with van der Waals surface area (Å²) < 4.78 is 20.3. The summed E-state index contributed by atoms with van der Waals surface area (Å²) in [5.74, 6) is 0. The van der Waals surface area contributed by atoms with Gasteiger partial charge in [0.2, 0.25) is 0 Å². The molecule has 14 heavy (non-hydrogen) atoms. The number of allylic oxidation sites excluding steroid dienone is 4. The zero-order valence-electron chi connectivity index (χ0n) is 7.96. The predicted molar refractivity (Wildman–Crippen MR) is 57.7 cm³/mol. The predicted octanol–water partition coefficient (Wildman–Crippen LogP) is 3.86. The van der Waals surface area contributed by atoms with Crippen LogP contribution in [0.4, 0.5) is 0 Å². The molecule has 0 aromatic heterocycles. The van der Waals surface area contributed by atoms with Crippen LogP contribution in [0.5, 0.6) is 0 Å². The van der Waals surface area contributed by atoms with Crippen LogP contribution in [0, 0.1) is 0 Å². The molecule has 0 N–H and O–H groups in total. The molecule has 76 valence electrons. The lowest BCUT2D eigenvalue weighted by atomic mass is 10.4. The normalized spacial score (nSPS) is 11.6. The summed E-state index contributed by atoms with van der Waals surface area (Å²) in [7, 11) is -2.11. The van der Waals surface area contributed by atoms with Crippen LogP contribution < -0.4 is 0 Å². The first-order chi connectivity index (χ1) is 6.81. The third-order valence-electron chi connectivity index (χ3n) is 1.09. The molecule has 0 saturated carbocycles. The minimum Gasteiger partial charge on any atom is -0.231 e. The van der Waals surface area contributed by atoms with Gasteiger partial charge < -0.3 is 0 Å². The lowest BCUT2D eigenvalue weighted by Gasteiger charge is -1.81. The molecule has 0 rings (SSSR count). The maximum Gasteiger partial charge on any atom is 0.804 e. The van der Waals surface area contributed by atoms with Crippen molar-refractivity contribution in [2.45, 2.75) is 12.8 Å². The first-order valence-electron chi connectivity index (χ1n) is 4.14. The molecule has 0 unspecified atom stereocenters. The average molecular weight is 213 g/mol. The summed E-state index contributed by atoms with van der Waals surface area (Å²) in [5, 5.41) is 0. The summed E-state index contributed by atoms with van der Waals surface area (Å²) >= 11 is 0. The highest BCUT2D eigenvalue weighted by Crippen LogP contribution is 2.24. The summed E-state index contributed by atoms with van der Waals surface area (Å²) in [4.78, 5) is 0. The molecule has 0 aliphatic heterocycles. The van der Waals surface area contributed by atoms with E-state index in [1.165, 1.54) is 12.5 Å². The van der Waals surface area contributed by atoms with Crippen molar-refractivity contribution < 1.29 is 13.6 Å². The first kappa shape index (κ1) is 12.7. The fraction of sp³-hybridized carbons (Fsp3) is 0.200. The van der Waals surface area contributed by atoms with Crippen molar-refractivity contribution in [3.63, 3.8) is 0 Å². The van der Waals surface area contributed by atoms with Gasteiger partial charge in [-0.25, -0.2) is 9.05 Å². The molecule has 0 saturated heterocycles. The molecular weight excluding hydrogens is 199 g/mol. The zero-order chi connectivity index (χ0) is 10.6. The Kier molecular flexibility index (Phi) is 8.81. The topological polar surface area (TPSA) is 35.5 Å². The van der Waals surface area contributed by atoms with Gasteiger partial charge in [0, 0.05) is 4.57 Å². The van der Waals surface area contributed by atoms with Crippen molar-refractivity contribution in [3.05, 3.63) is 50.0 Å². The molecule has 0 fully saturated rings. The molecule has 0 atom stereocenters. The molecule has 0 amide bonds. The average Bonchev–Trinajstić information content (AvgIpc) is 2.19. The van der Waals surface area contributed by atoms with Crippen molar-refractivity contribution in [2.75, 3.05) is 0 Å². The van der Waals surface area contributed by atoms with E-state index >= 15 is 0 Å². The summed E-state index contributed by atoms with van der Waals surface area (Å²) in [6, 6.07) is 0. The minimum atomic E-state index is -2.11. The molecule has 3 nitrogen and oxygen atoms in total. The van der Waals surface area contributed by atoms with Crippen LogP contribution in [0.25, 0.3) is 0 Å². The second-order valence-corrected chi connectivity index (χ2v) is 3.10.